The Morgan fingerprint density at radius 1 is 1.17 bits per heavy atom. The Kier molecular flexibility index (Phi) is 7.38. The molecule has 0 aliphatic rings. The average Bonchev–Trinajstić information content (AvgIpc) is 2.62. The van der Waals surface area contributed by atoms with E-state index >= 15 is 0 Å². The van der Waals surface area contributed by atoms with E-state index in [-0.39, 0.29) is 30.1 Å². The first kappa shape index (κ1) is 23.1. The van der Waals surface area contributed by atoms with Crippen molar-refractivity contribution in [2.45, 2.75) is 20.8 Å². The number of aryl methyl sites for hydroxylation is 2. The molecule has 2 aromatic carbocycles. The Balaban J connectivity index is 2.03. The molecule has 0 aliphatic heterocycles. The molecule has 0 unspecified atom stereocenters. The van der Waals surface area contributed by atoms with E-state index < -0.39 is 27.4 Å². The number of ether oxygens (including phenoxy) is 1. The number of amides is 1. The number of carbonyl (C=O) groups is 1. The zero-order chi connectivity index (χ0) is 22.5. The smallest absolute Gasteiger partial charge is 0.274 e. The van der Waals surface area contributed by atoms with Crippen LogP contribution in [-0.4, -0.2) is 45.2 Å². The van der Waals surface area contributed by atoms with Crippen molar-refractivity contribution < 1.29 is 22.9 Å². The summed E-state index contributed by atoms with van der Waals surface area (Å²) in [6, 6.07) is 9.87. The summed E-state index contributed by atoms with van der Waals surface area (Å²) in [6.07, 6.45) is 0.946. The van der Waals surface area contributed by atoms with Crippen LogP contribution in [0.15, 0.2) is 36.4 Å². The van der Waals surface area contributed by atoms with Gasteiger partial charge in [0.15, 0.2) is 0 Å². The van der Waals surface area contributed by atoms with Crippen LogP contribution >= 0.6 is 0 Å². The van der Waals surface area contributed by atoms with E-state index in [0.29, 0.717) is 5.75 Å². The molecule has 1 amide bonds. The third-order valence-corrected chi connectivity index (χ3v) is 5.44. The van der Waals surface area contributed by atoms with Crippen LogP contribution in [0.4, 0.5) is 11.4 Å². The van der Waals surface area contributed by atoms with Gasteiger partial charge in [0.2, 0.25) is 15.9 Å². The van der Waals surface area contributed by atoms with Gasteiger partial charge in [0.1, 0.15) is 18.9 Å². The van der Waals surface area contributed by atoms with Gasteiger partial charge < -0.3 is 10.1 Å². The van der Waals surface area contributed by atoms with Crippen molar-refractivity contribution in [3.63, 3.8) is 0 Å². The first-order valence-corrected chi connectivity index (χ1v) is 11.0. The van der Waals surface area contributed by atoms with E-state index in [1.807, 2.05) is 32.0 Å². The van der Waals surface area contributed by atoms with Crippen molar-refractivity contribution in [3.05, 3.63) is 63.2 Å². The van der Waals surface area contributed by atoms with Crippen molar-refractivity contribution in [2.75, 3.05) is 30.3 Å². The van der Waals surface area contributed by atoms with E-state index in [9.17, 15) is 23.3 Å². The minimum absolute atomic E-state index is 0.0911. The Bertz CT molecular complexity index is 1030. The van der Waals surface area contributed by atoms with Gasteiger partial charge in [-0.15, -0.1) is 0 Å². The number of hydrogen-bond acceptors (Lipinski definition) is 6. The lowest BCUT2D eigenvalue weighted by Crippen LogP contribution is -2.41. The van der Waals surface area contributed by atoms with E-state index in [1.165, 1.54) is 25.1 Å². The molecule has 0 aromatic heterocycles. The van der Waals surface area contributed by atoms with Crippen LogP contribution in [0.3, 0.4) is 0 Å². The maximum atomic E-state index is 12.3. The predicted molar refractivity (Wildman–Crippen MR) is 114 cm³/mol. The SMILES string of the molecule is Cc1cc(C)cc(OCCNC(=O)CN(c2cccc([N+](=O)[O-])c2C)S(C)(=O)=O)c1. The number of nitro groups is 1. The summed E-state index contributed by atoms with van der Waals surface area (Å²) in [6.45, 7) is 5.25. The molecule has 0 saturated carbocycles. The van der Waals surface area contributed by atoms with Crippen LogP contribution in [0.5, 0.6) is 5.75 Å². The lowest BCUT2D eigenvalue weighted by Gasteiger charge is -2.23. The molecule has 0 atom stereocenters. The highest BCUT2D eigenvalue weighted by Gasteiger charge is 2.25. The van der Waals surface area contributed by atoms with Crippen LogP contribution < -0.4 is 14.4 Å². The largest absolute Gasteiger partial charge is 0.492 e. The molecule has 30 heavy (non-hydrogen) atoms. The van der Waals surface area contributed by atoms with Crippen LogP contribution in [0.2, 0.25) is 0 Å². The van der Waals surface area contributed by atoms with E-state index in [4.69, 9.17) is 4.74 Å². The van der Waals surface area contributed by atoms with Crippen molar-refractivity contribution in [3.8, 4) is 5.75 Å². The number of sulfonamides is 1. The Morgan fingerprint density at radius 2 is 1.80 bits per heavy atom. The van der Waals surface area contributed by atoms with Gasteiger partial charge in [0, 0.05) is 6.07 Å². The first-order chi connectivity index (χ1) is 14.0. The normalized spacial score (nSPS) is 11.1. The fraction of sp³-hybridized carbons (Fsp3) is 0.350. The number of rotatable bonds is 9. The van der Waals surface area contributed by atoms with Crippen LogP contribution in [0, 0.1) is 30.9 Å². The first-order valence-electron chi connectivity index (χ1n) is 9.18. The number of nitro benzene ring substituents is 1. The maximum Gasteiger partial charge on any atom is 0.274 e. The second-order valence-electron chi connectivity index (χ2n) is 6.97. The Hall–Kier alpha value is -3.14. The summed E-state index contributed by atoms with van der Waals surface area (Å²) in [5.41, 5.74) is 2.16. The molecule has 0 spiro atoms. The van der Waals surface area contributed by atoms with Gasteiger partial charge in [0.25, 0.3) is 5.69 Å². The third kappa shape index (κ3) is 6.18. The molecule has 2 aromatic rings. The van der Waals surface area contributed by atoms with Gasteiger partial charge in [-0.1, -0.05) is 12.1 Å². The molecule has 0 saturated heterocycles. The zero-order valence-electron chi connectivity index (χ0n) is 17.3. The topological polar surface area (TPSA) is 119 Å². The average molecular weight is 436 g/mol. The molecule has 0 radical (unpaired) electrons. The minimum atomic E-state index is -3.84. The van der Waals surface area contributed by atoms with Crippen molar-refractivity contribution in [1.82, 2.24) is 5.32 Å². The third-order valence-electron chi connectivity index (χ3n) is 4.32. The van der Waals surface area contributed by atoms with Gasteiger partial charge >= 0.3 is 0 Å². The second-order valence-corrected chi connectivity index (χ2v) is 8.88. The molecule has 1 N–H and O–H groups in total. The molecule has 0 aliphatic carbocycles. The molecule has 2 rings (SSSR count). The van der Waals surface area contributed by atoms with E-state index in [1.54, 1.807) is 0 Å². The fourth-order valence-electron chi connectivity index (χ4n) is 3.02. The molecule has 10 heteroatoms. The molecule has 0 heterocycles. The predicted octanol–water partition coefficient (Wildman–Crippen LogP) is 2.48. The van der Waals surface area contributed by atoms with Gasteiger partial charge in [-0.25, -0.2) is 8.42 Å². The zero-order valence-corrected chi connectivity index (χ0v) is 18.2. The minimum Gasteiger partial charge on any atom is -0.492 e. The second kappa shape index (κ2) is 9.57. The molecular formula is C20H25N3O6S. The maximum absolute atomic E-state index is 12.3. The molecule has 0 bridgehead atoms. The van der Waals surface area contributed by atoms with Gasteiger partial charge in [-0.05, 0) is 50.1 Å². The number of anilines is 1. The molecule has 162 valence electrons. The van der Waals surface area contributed by atoms with Crippen LogP contribution in [-0.2, 0) is 14.8 Å². The monoisotopic (exact) mass is 435 g/mol. The van der Waals surface area contributed by atoms with Crippen molar-refractivity contribution in [2.24, 2.45) is 0 Å². The Labute approximate surface area is 175 Å². The summed E-state index contributed by atoms with van der Waals surface area (Å²) in [4.78, 5) is 22.9. The number of nitrogens with zero attached hydrogens (tertiary/aromatic N) is 2. The van der Waals surface area contributed by atoms with Gasteiger partial charge in [-0.3, -0.25) is 19.2 Å². The summed E-state index contributed by atoms with van der Waals surface area (Å²) in [5.74, 6) is 0.141. The molecule has 9 nitrogen and oxygen atoms in total. The van der Waals surface area contributed by atoms with E-state index in [0.717, 1.165) is 21.7 Å². The standard InChI is InChI=1S/C20H25N3O6S/c1-14-10-15(2)12-17(11-14)29-9-8-21-20(24)13-22(30(4,27)28)18-6-5-7-19(16(18)3)23(25)26/h5-7,10-12H,8-9,13H2,1-4H3,(H,21,24). The number of nitrogens with one attached hydrogen (secondary N) is 1. The van der Waals surface area contributed by atoms with Crippen LogP contribution in [0.1, 0.15) is 16.7 Å². The van der Waals surface area contributed by atoms with E-state index in [2.05, 4.69) is 5.32 Å². The van der Waals surface area contributed by atoms with Gasteiger partial charge in [-0.2, -0.15) is 0 Å². The van der Waals surface area contributed by atoms with Gasteiger partial charge in [0.05, 0.1) is 29.0 Å². The van der Waals surface area contributed by atoms with Crippen molar-refractivity contribution in [1.29, 1.82) is 0 Å². The molecule has 0 fully saturated rings. The van der Waals surface area contributed by atoms with Crippen LogP contribution in [0.25, 0.3) is 0 Å². The highest BCUT2D eigenvalue weighted by molar-refractivity contribution is 7.92. The summed E-state index contributed by atoms with van der Waals surface area (Å²) in [5, 5.41) is 13.8. The lowest BCUT2D eigenvalue weighted by molar-refractivity contribution is -0.385. The fourth-order valence-corrected chi connectivity index (χ4v) is 3.93. The number of hydrogen-bond donors (Lipinski definition) is 1. The highest BCUT2D eigenvalue weighted by atomic mass is 32.2. The molecular weight excluding hydrogens is 410 g/mol. The lowest BCUT2D eigenvalue weighted by atomic mass is 10.1. The highest BCUT2D eigenvalue weighted by Crippen LogP contribution is 2.29. The van der Waals surface area contributed by atoms with Crippen molar-refractivity contribution >= 4 is 27.3 Å². The summed E-state index contributed by atoms with van der Waals surface area (Å²) >= 11 is 0. The number of carbonyl (C=O) groups excluding carboxylic acids is 1. The summed E-state index contributed by atoms with van der Waals surface area (Å²) < 4.78 is 30.9. The summed E-state index contributed by atoms with van der Waals surface area (Å²) in [7, 11) is -3.84. The number of benzene rings is 2. The Morgan fingerprint density at radius 3 is 2.37 bits per heavy atom. The quantitative estimate of drug-likeness (QED) is 0.367.